The number of benzene rings is 1. The number of methoxy groups -OCH3 is 1. The highest BCUT2D eigenvalue weighted by Crippen LogP contribution is 2.44. The van der Waals surface area contributed by atoms with Gasteiger partial charge in [-0.2, -0.15) is 4.36 Å². The van der Waals surface area contributed by atoms with Crippen LogP contribution in [0.25, 0.3) is 5.76 Å². The van der Waals surface area contributed by atoms with Crippen LogP contribution in [-0.2, 0) is 19.3 Å². The lowest BCUT2D eigenvalue weighted by Gasteiger charge is -2.17. The fourth-order valence-corrected chi connectivity index (χ4v) is 5.80. The minimum atomic E-state index is -2.71. The lowest BCUT2D eigenvalue weighted by Crippen LogP contribution is -2.20. The number of aliphatic hydroxyl groups is 1. The summed E-state index contributed by atoms with van der Waals surface area (Å²) in [5, 5.41) is 22.6. The molecule has 2 aliphatic rings. The minimum absolute atomic E-state index is 0.0350. The van der Waals surface area contributed by atoms with Crippen molar-refractivity contribution < 1.29 is 28.6 Å². The van der Waals surface area contributed by atoms with E-state index in [4.69, 9.17) is 4.74 Å². The molecule has 0 unspecified atom stereocenters. The predicted molar refractivity (Wildman–Crippen MR) is 107 cm³/mol. The molecule has 3 rings (SSSR count). The molecule has 0 aromatic heterocycles. The van der Waals surface area contributed by atoms with Gasteiger partial charge in [0.2, 0.25) is 0 Å². The van der Waals surface area contributed by atoms with Crippen LogP contribution in [0.15, 0.2) is 22.1 Å². The average Bonchev–Trinajstić information content (AvgIpc) is 2.67. The SMILES string of the molecule is COc1ccc(C(O)=C2C(=O)CCCC2=O)c([N+](=O)[O-])c1N=S1(=O)CCCCC1. The van der Waals surface area contributed by atoms with Crippen LogP contribution in [0.4, 0.5) is 11.4 Å². The van der Waals surface area contributed by atoms with Crippen molar-refractivity contribution in [1.82, 2.24) is 0 Å². The van der Waals surface area contributed by atoms with Gasteiger partial charge in [-0.1, -0.05) is 6.42 Å². The Balaban J connectivity index is 2.29. The van der Waals surface area contributed by atoms with Gasteiger partial charge in [0.05, 0.1) is 27.3 Å². The number of aliphatic hydroxyl groups excluding tert-OH is 1. The fourth-order valence-electron chi connectivity index (χ4n) is 3.60. The van der Waals surface area contributed by atoms with Gasteiger partial charge < -0.3 is 9.84 Å². The number of hydrogen-bond donors (Lipinski definition) is 1. The first-order valence-electron chi connectivity index (χ1n) is 9.35. The third-order valence-electron chi connectivity index (χ3n) is 5.06. The summed E-state index contributed by atoms with van der Waals surface area (Å²) in [7, 11) is -1.41. The quantitative estimate of drug-likeness (QED) is 0.258. The van der Waals surface area contributed by atoms with Gasteiger partial charge in [-0.15, -0.1) is 0 Å². The summed E-state index contributed by atoms with van der Waals surface area (Å²) < 4.78 is 22.5. The number of rotatable bonds is 4. The average molecular weight is 422 g/mol. The summed E-state index contributed by atoms with van der Waals surface area (Å²) >= 11 is 0. The van der Waals surface area contributed by atoms with Crippen molar-refractivity contribution >= 4 is 38.4 Å². The van der Waals surface area contributed by atoms with Gasteiger partial charge in [-0.05, 0) is 31.4 Å². The van der Waals surface area contributed by atoms with Crippen LogP contribution in [0.5, 0.6) is 5.75 Å². The summed E-state index contributed by atoms with van der Waals surface area (Å²) in [5.41, 5.74) is -1.62. The van der Waals surface area contributed by atoms with E-state index in [2.05, 4.69) is 4.36 Å². The molecule has 1 heterocycles. The lowest BCUT2D eigenvalue weighted by atomic mass is 9.89. The van der Waals surface area contributed by atoms with Crippen molar-refractivity contribution in [3.63, 3.8) is 0 Å². The van der Waals surface area contributed by atoms with Crippen molar-refractivity contribution in [2.45, 2.75) is 38.5 Å². The van der Waals surface area contributed by atoms with E-state index in [0.717, 1.165) is 6.42 Å². The summed E-state index contributed by atoms with van der Waals surface area (Å²) in [6.07, 6.45) is 2.87. The number of nitro groups is 1. The second-order valence-corrected chi connectivity index (χ2v) is 9.57. The molecule has 1 aliphatic heterocycles. The van der Waals surface area contributed by atoms with Crippen molar-refractivity contribution in [3.05, 3.63) is 33.4 Å². The van der Waals surface area contributed by atoms with Gasteiger partial charge in [0.25, 0.3) is 0 Å². The Hall–Kier alpha value is -2.75. The Bertz CT molecular complexity index is 1010. The van der Waals surface area contributed by atoms with Gasteiger partial charge in [-0.3, -0.25) is 19.7 Å². The number of hydrogen-bond acceptors (Lipinski definition) is 8. The highest BCUT2D eigenvalue weighted by molar-refractivity contribution is 7.93. The third kappa shape index (κ3) is 4.16. The molecule has 1 saturated carbocycles. The van der Waals surface area contributed by atoms with E-state index in [1.165, 1.54) is 19.2 Å². The summed E-state index contributed by atoms with van der Waals surface area (Å²) in [6, 6.07) is 2.56. The molecule has 2 fully saturated rings. The topological polar surface area (TPSA) is 136 Å². The van der Waals surface area contributed by atoms with E-state index in [-0.39, 0.29) is 29.8 Å². The summed E-state index contributed by atoms with van der Waals surface area (Å²) in [4.78, 5) is 35.5. The second-order valence-electron chi connectivity index (χ2n) is 7.03. The Kier molecular flexibility index (Phi) is 6.02. The van der Waals surface area contributed by atoms with Gasteiger partial charge in [0.15, 0.2) is 23.0 Å². The van der Waals surface area contributed by atoms with Crippen molar-refractivity contribution in [2.75, 3.05) is 18.6 Å². The van der Waals surface area contributed by atoms with E-state index in [1.807, 2.05) is 0 Å². The summed E-state index contributed by atoms with van der Waals surface area (Å²) in [5.74, 6) is -1.18. The Labute approximate surface area is 168 Å². The zero-order valence-electron chi connectivity index (χ0n) is 16.0. The molecule has 0 bridgehead atoms. The first-order valence-corrected chi connectivity index (χ1v) is 11.2. The monoisotopic (exact) mass is 422 g/mol. The molecular weight excluding hydrogens is 400 g/mol. The molecule has 0 atom stereocenters. The van der Waals surface area contributed by atoms with Crippen molar-refractivity contribution in [1.29, 1.82) is 0 Å². The molecule has 10 heteroatoms. The number of Topliss-reactive ketones (excluding diaryl/α,β-unsaturated/α-hetero) is 2. The normalized spacial score (nSPS) is 19.0. The van der Waals surface area contributed by atoms with Crippen LogP contribution < -0.4 is 4.74 Å². The zero-order chi connectivity index (χ0) is 21.2. The molecule has 0 amide bonds. The van der Waals surface area contributed by atoms with Gasteiger partial charge in [0, 0.05) is 24.3 Å². The molecule has 29 heavy (non-hydrogen) atoms. The van der Waals surface area contributed by atoms with Crippen LogP contribution in [0.1, 0.15) is 44.1 Å². The van der Waals surface area contributed by atoms with Crippen molar-refractivity contribution in [2.24, 2.45) is 4.36 Å². The third-order valence-corrected chi connectivity index (χ3v) is 7.43. The molecule has 9 nitrogen and oxygen atoms in total. The number of carbonyl (C=O) groups excluding carboxylic acids is 2. The molecule has 0 radical (unpaired) electrons. The van der Waals surface area contributed by atoms with Crippen LogP contribution in [0, 0.1) is 10.1 Å². The van der Waals surface area contributed by atoms with E-state index >= 15 is 0 Å². The number of nitrogens with zero attached hydrogens (tertiary/aromatic N) is 2. The maximum absolute atomic E-state index is 13.1. The second kappa shape index (κ2) is 8.32. The predicted octanol–water partition coefficient (Wildman–Crippen LogP) is 3.48. The first kappa shape index (κ1) is 21.0. The zero-order valence-corrected chi connectivity index (χ0v) is 16.8. The maximum Gasteiger partial charge on any atom is 0.310 e. The van der Waals surface area contributed by atoms with E-state index in [9.17, 15) is 29.0 Å². The Morgan fingerprint density at radius 1 is 1.14 bits per heavy atom. The first-order chi connectivity index (χ1) is 13.8. The largest absolute Gasteiger partial charge is 0.506 e. The van der Waals surface area contributed by atoms with Crippen LogP contribution in [0.3, 0.4) is 0 Å². The van der Waals surface area contributed by atoms with E-state index in [1.54, 1.807) is 0 Å². The van der Waals surface area contributed by atoms with E-state index < -0.39 is 43.2 Å². The molecular formula is C19H22N2O7S. The lowest BCUT2D eigenvalue weighted by molar-refractivity contribution is -0.384. The van der Waals surface area contributed by atoms with Crippen molar-refractivity contribution in [3.8, 4) is 5.75 Å². The molecule has 156 valence electrons. The summed E-state index contributed by atoms with van der Waals surface area (Å²) in [6.45, 7) is 0. The van der Waals surface area contributed by atoms with E-state index in [0.29, 0.717) is 30.8 Å². The molecule has 1 aromatic carbocycles. The maximum atomic E-state index is 13.1. The van der Waals surface area contributed by atoms with Crippen LogP contribution >= 0.6 is 0 Å². The van der Waals surface area contributed by atoms with Gasteiger partial charge in [0.1, 0.15) is 11.3 Å². The number of ketones is 2. The van der Waals surface area contributed by atoms with Gasteiger partial charge in [-0.25, -0.2) is 4.21 Å². The molecule has 1 aromatic rings. The number of carbonyl (C=O) groups is 2. The molecule has 1 aliphatic carbocycles. The molecule has 0 spiro atoms. The minimum Gasteiger partial charge on any atom is -0.506 e. The molecule has 1 N–H and O–H groups in total. The number of ether oxygens (including phenoxy) is 1. The smallest absolute Gasteiger partial charge is 0.310 e. The number of nitro benzene ring substituents is 1. The van der Waals surface area contributed by atoms with Crippen LogP contribution in [-0.4, -0.2) is 44.4 Å². The van der Waals surface area contributed by atoms with Crippen LogP contribution in [0.2, 0.25) is 0 Å². The Morgan fingerprint density at radius 3 is 2.31 bits per heavy atom. The molecule has 1 saturated heterocycles. The number of allylic oxidation sites excluding steroid dienone is 1. The Morgan fingerprint density at radius 2 is 1.76 bits per heavy atom. The highest BCUT2D eigenvalue weighted by Gasteiger charge is 2.33. The van der Waals surface area contributed by atoms with Gasteiger partial charge >= 0.3 is 5.69 Å². The standard InChI is InChI=1S/C19H22N2O7S/c1-28-15-9-8-12(19(24)16-13(22)6-5-7-14(16)23)18(21(25)26)17(15)20-29(27)10-3-2-4-11-29/h8-9,24H,2-7,10-11H2,1H3. The highest BCUT2D eigenvalue weighted by atomic mass is 32.2. The fraction of sp³-hybridized carbons (Fsp3) is 0.474.